The minimum atomic E-state index is -1.93. The highest BCUT2D eigenvalue weighted by atomic mass is 35.5. The van der Waals surface area contributed by atoms with Crippen LogP contribution in [0.2, 0.25) is 5.02 Å². The second-order valence-corrected chi connectivity index (χ2v) is 24.9. The van der Waals surface area contributed by atoms with E-state index in [1.807, 2.05) is 52.0 Å². The predicted molar refractivity (Wildman–Crippen MR) is 291 cm³/mol. The van der Waals surface area contributed by atoms with Crippen molar-refractivity contribution in [2.45, 2.75) is 140 Å². The maximum atomic E-state index is 14.7. The van der Waals surface area contributed by atoms with Crippen molar-refractivity contribution in [3.63, 3.8) is 0 Å². The van der Waals surface area contributed by atoms with Crippen molar-refractivity contribution < 1.29 is 33.1 Å². The average molecular weight is 1090 g/mol. The maximum Gasteiger partial charge on any atom is 0.258 e. The lowest BCUT2D eigenvalue weighted by molar-refractivity contribution is -0.147. The summed E-state index contributed by atoms with van der Waals surface area (Å²) in [6.07, 6.45) is 9.06. The fourth-order valence-electron chi connectivity index (χ4n) is 9.91. The van der Waals surface area contributed by atoms with E-state index in [-0.39, 0.29) is 42.5 Å². The first-order chi connectivity index (χ1) is 35.6. The third-order valence-corrected chi connectivity index (χ3v) is 17.9. The molecule has 0 unspecified atom stereocenters. The number of likely N-dealkylation sites (tertiary alicyclic amines) is 2. The lowest BCUT2D eigenvalue weighted by Gasteiger charge is -2.39. The Balaban J connectivity index is 0.832. The molecule has 20 heteroatoms. The van der Waals surface area contributed by atoms with Gasteiger partial charge in [-0.15, -0.1) is 11.3 Å². The zero-order valence-corrected chi connectivity index (χ0v) is 46.6. The Kier molecular flexibility index (Phi) is 17.2. The number of hydrogen-bond acceptors (Lipinski definition) is 13. The zero-order chi connectivity index (χ0) is 53.9. The van der Waals surface area contributed by atoms with Gasteiger partial charge in [-0.1, -0.05) is 69.3 Å². The molecule has 5 heterocycles. The smallest absolute Gasteiger partial charge is 0.258 e. The van der Waals surface area contributed by atoms with Crippen LogP contribution < -0.4 is 31.3 Å². The molecule has 1 aliphatic carbocycles. The molecule has 75 heavy (non-hydrogen) atoms. The van der Waals surface area contributed by atoms with Crippen LogP contribution in [-0.2, 0) is 30.5 Å². The molecule has 3 aliphatic heterocycles. The van der Waals surface area contributed by atoms with E-state index in [1.54, 1.807) is 48.8 Å². The normalized spacial score (nSPS) is 19.1. The van der Waals surface area contributed by atoms with Crippen LogP contribution in [0.4, 0.5) is 15.9 Å². The molecule has 0 bridgehead atoms. The van der Waals surface area contributed by atoms with Crippen LogP contribution in [0.5, 0.6) is 5.75 Å². The first kappa shape index (κ1) is 55.9. The maximum absolute atomic E-state index is 14.7. The highest BCUT2D eigenvalue weighted by Crippen LogP contribution is 2.42. The quantitative estimate of drug-likeness (QED) is 0.0692. The molecule has 2 atom stereocenters. The van der Waals surface area contributed by atoms with E-state index in [0.717, 1.165) is 72.7 Å². The van der Waals surface area contributed by atoms with Crippen molar-refractivity contribution >= 4 is 75.7 Å². The highest BCUT2D eigenvalue weighted by Gasteiger charge is 2.53. The van der Waals surface area contributed by atoms with Gasteiger partial charge in [-0.25, -0.2) is 19.3 Å². The van der Waals surface area contributed by atoms with E-state index in [4.69, 9.17) is 22.1 Å². The number of nitrogens with two attached hydrogens (primary N) is 1. The Morgan fingerprint density at radius 3 is 2.33 bits per heavy atom. The molecule has 1 saturated carbocycles. The van der Waals surface area contributed by atoms with Gasteiger partial charge in [0.1, 0.15) is 34.1 Å². The van der Waals surface area contributed by atoms with Gasteiger partial charge >= 0.3 is 0 Å². The molecule has 5 amide bonds. The second-order valence-electron chi connectivity index (χ2n) is 22.6. The molecular weight excluding hydrogens is 1020 g/mol. The second kappa shape index (κ2) is 23.1. The summed E-state index contributed by atoms with van der Waals surface area (Å²) in [6.45, 7) is 17.2. The van der Waals surface area contributed by atoms with Crippen molar-refractivity contribution in [2.24, 2.45) is 27.9 Å². The van der Waals surface area contributed by atoms with Gasteiger partial charge < -0.3 is 41.1 Å². The number of hydrogen-bond donors (Lipinski definition) is 4. The van der Waals surface area contributed by atoms with Gasteiger partial charge in [0, 0.05) is 49.7 Å². The van der Waals surface area contributed by atoms with Crippen molar-refractivity contribution in [3.05, 3.63) is 70.6 Å². The van der Waals surface area contributed by atoms with Gasteiger partial charge in [-0.2, -0.15) is 0 Å². The van der Waals surface area contributed by atoms with Gasteiger partial charge in [0.05, 0.1) is 45.8 Å². The van der Waals surface area contributed by atoms with E-state index in [0.29, 0.717) is 72.0 Å². The van der Waals surface area contributed by atoms with Crippen molar-refractivity contribution in [3.8, 4) is 16.2 Å². The van der Waals surface area contributed by atoms with E-state index >= 15 is 0 Å². The Hall–Kier alpha value is -5.37. The number of benzene rings is 2. The predicted octanol–water partition coefficient (Wildman–Crippen LogP) is 8.59. The molecule has 5 N–H and O–H groups in total. The third-order valence-electron chi connectivity index (χ3n) is 15.5. The average Bonchev–Trinajstić information content (AvgIpc) is 3.71. The van der Waals surface area contributed by atoms with Gasteiger partial charge in [0.25, 0.3) is 5.91 Å². The highest BCUT2D eigenvalue weighted by molar-refractivity contribution is 7.99. The van der Waals surface area contributed by atoms with Crippen LogP contribution in [0.15, 0.2) is 64.2 Å². The van der Waals surface area contributed by atoms with Crippen LogP contribution in [0, 0.1) is 29.1 Å². The first-order valence-corrected chi connectivity index (χ1v) is 28.2. The third kappa shape index (κ3) is 13.1. The summed E-state index contributed by atoms with van der Waals surface area (Å²) in [5, 5.41) is 9.65. The summed E-state index contributed by atoms with van der Waals surface area (Å²) < 4.78 is 21.2. The topological polar surface area (TPSA) is 205 Å². The molecule has 8 rings (SSSR count). The number of rotatable bonds is 18. The van der Waals surface area contributed by atoms with Gasteiger partial charge in [0.15, 0.2) is 5.67 Å². The van der Waals surface area contributed by atoms with Crippen molar-refractivity contribution in [1.29, 1.82) is 0 Å². The lowest BCUT2D eigenvalue weighted by atomic mass is 9.80. The summed E-state index contributed by atoms with van der Waals surface area (Å²) in [7, 11) is 0. The number of thiazole rings is 1. The van der Waals surface area contributed by atoms with Gasteiger partial charge in [0.2, 0.25) is 23.6 Å². The van der Waals surface area contributed by atoms with E-state index in [2.05, 4.69) is 42.7 Å². The summed E-state index contributed by atoms with van der Waals surface area (Å²) in [5.41, 5.74) is 6.94. The zero-order valence-electron chi connectivity index (χ0n) is 44.2. The largest absolute Gasteiger partial charge is 0.493 e. The fourth-order valence-corrected chi connectivity index (χ4v) is 11.8. The molecule has 4 aliphatic rings. The molecule has 4 aromatic rings. The molecule has 0 radical (unpaired) electrons. The Morgan fingerprint density at radius 2 is 1.69 bits per heavy atom. The minimum absolute atomic E-state index is 0.137. The molecule has 3 saturated heterocycles. The number of aryl methyl sites for hydroxylation is 1. The Bertz CT molecular complexity index is 2730. The number of alkyl halides is 1. The molecule has 2 aromatic heterocycles. The SMILES string of the molecule is Cc1ncsc1-c1ccc(CNC(=O)[C@@H]2CCCN2C(=O)[C@@H](NC(=O)C2(F)CC2)C(C)(C)C)c(OCCC2CCN(C(=O)C(C)(C)C(=O)Nc3cccc(Sc4cnc(N5CCC(C)(CN)CC5)cn4)c3Cl)CC2)c1. The number of ether oxygens (including phenoxy) is 1. The lowest BCUT2D eigenvalue weighted by Crippen LogP contribution is -2.58. The van der Waals surface area contributed by atoms with Crippen LogP contribution in [0.1, 0.15) is 111 Å². The van der Waals surface area contributed by atoms with Gasteiger partial charge in [-0.05, 0) is 126 Å². The number of nitrogens with zero attached hydrogens (tertiary/aromatic N) is 6. The number of aromatic nitrogens is 3. The van der Waals surface area contributed by atoms with Crippen LogP contribution in [-0.4, -0.2) is 118 Å². The number of nitrogens with one attached hydrogen (secondary N) is 3. The monoisotopic (exact) mass is 1090 g/mol. The van der Waals surface area contributed by atoms with Crippen molar-refractivity contribution in [1.82, 2.24) is 35.4 Å². The number of halogens is 2. The van der Waals surface area contributed by atoms with Gasteiger partial charge in [-0.3, -0.25) is 24.0 Å². The summed E-state index contributed by atoms with van der Waals surface area (Å²) >= 11 is 9.75. The molecule has 4 fully saturated rings. The summed E-state index contributed by atoms with van der Waals surface area (Å²) in [5.74, 6) is -0.498. The fraction of sp³-hybridized carbons (Fsp3) is 0.564. The van der Waals surface area contributed by atoms with Crippen LogP contribution in [0.3, 0.4) is 0 Å². The molecule has 404 valence electrons. The van der Waals surface area contributed by atoms with Crippen molar-refractivity contribution in [2.75, 3.05) is 56.1 Å². The Labute approximate surface area is 453 Å². The number of carbonyl (C=O) groups is 5. The molecular formula is C55H72ClFN10O6S2. The van der Waals surface area contributed by atoms with E-state index in [1.165, 1.54) is 28.0 Å². The number of amides is 5. The number of carbonyl (C=O) groups excluding carboxylic acids is 5. The first-order valence-electron chi connectivity index (χ1n) is 26.2. The minimum Gasteiger partial charge on any atom is -0.493 e. The Morgan fingerprint density at radius 1 is 0.960 bits per heavy atom. The number of piperidine rings is 2. The summed E-state index contributed by atoms with van der Waals surface area (Å²) in [4.78, 5) is 89.4. The standard InChI is InChI=1S/C55H72ClFN10O6S2/c1-34-45(74-33-62-34)36-13-14-37(29-61-47(68)39-11-9-22-67(39)48(69)46(52(2,3)4)64-50(71)55(57)18-19-55)40(28-36)73-27-17-35-15-23-66(24-16-35)51(72)53(5,6)49(70)63-38-10-8-12-41(44(38)56)75-43-31-59-42(30-60-43)65-25-20-54(7,32-58)21-26-65/h8,10,12-14,28,30-31,33,35,39,46H,9,11,15-27,29,32,58H2,1-7H3,(H,61,68)(H,63,70)(H,64,71)/t39-,46+/m0/s1. The molecule has 0 spiro atoms. The van der Waals surface area contributed by atoms with E-state index < -0.39 is 46.3 Å². The molecule has 2 aromatic carbocycles. The van der Waals surface area contributed by atoms with Crippen LogP contribution >= 0.6 is 34.7 Å². The summed E-state index contributed by atoms with van der Waals surface area (Å²) in [6, 6.07) is 9.53. The molecule has 16 nitrogen and oxygen atoms in total. The number of anilines is 2. The van der Waals surface area contributed by atoms with Crippen LogP contribution in [0.25, 0.3) is 10.4 Å². The van der Waals surface area contributed by atoms with E-state index in [9.17, 15) is 28.4 Å².